The molecule has 0 radical (unpaired) electrons. The third kappa shape index (κ3) is 4.29. The summed E-state index contributed by atoms with van der Waals surface area (Å²) in [5, 5.41) is 5.05. The standard InChI is InChI=1S/C21H21NO3S/c1-14(26-20-9-8-15-6-4-5-7-16(15)10-20)21(23)22-17-11-18(24-2)13-19(12-17)25-3/h4-14H,1-3H3,(H,22,23). The molecule has 0 bridgehead atoms. The van der Waals surface area contributed by atoms with Crippen molar-refractivity contribution < 1.29 is 14.3 Å². The summed E-state index contributed by atoms with van der Waals surface area (Å²) in [4.78, 5) is 13.6. The zero-order valence-corrected chi connectivity index (χ0v) is 15.8. The minimum Gasteiger partial charge on any atom is -0.497 e. The Hall–Kier alpha value is -2.66. The predicted octanol–water partition coefficient (Wildman–Crippen LogP) is 4.98. The van der Waals surface area contributed by atoms with Gasteiger partial charge in [-0.1, -0.05) is 30.3 Å². The molecular formula is C21H21NO3S. The molecular weight excluding hydrogens is 346 g/mol. The van der Waals surface area contributed by atoms with Crippen LogP contribution >= 0.6 is 11.8 Å². The first-order chi connectivity index (χ1) is 12.6. The van der Waals surface area contributed by atoms with Gasteiger partial charge in [0, 0.05) is 28.8 Å². The number of amides is 1. The summed E-state index contributed by atoms with van der Waals surface area (Å²) in [5.74, 6) is 1.20. The molecule has 0 fully saturated rings. The number of ether oxygens (including phenoxy) is 2. The van der Waals surface area contributed by atoms with Crippen LogP contribution in [0.3, 0.4) is 0 Å². The number of hydrogen-bond acceptors (Lipinski definition) is 4. The Morgan fingerprint density at radius 3 is 2.23 bits per heavy atom. The molecule has 1 N–H and O–H groups in total. The molecule has 4 nitrogen and oxygen atoms in total. The number of benzene rings is 3. The van der Waals surface area contributed by atoms with Gasteiger partial charge in [0.2, 0.25) is 5.91 Å². The lowest BCUT2D eigenvalue weighted by Gasteiger charge is -2.14. The largest absolute Gasteiger partial charge is 0.497 e. The van der Waals surface area contributed by atoms with E-state index in [1.165, 1.54) is 22.5 Å². The van der Waals surface area contributed by atoms with Gasteiger partial charge < -0.3 is 14.8 Å². The van der Waals surface area contributed by atoms with E-state index in [1.807, 2.05) is 25.1 Å². The number of nitrogens with one attached hydrogen (secondary N) is 1. The van der Waals surface area contributed by atoms with E-state index in [0.717, 1.165) is 4.90 Å². The van der Waals surface area contributed by atoms with Gasteiger partial charge in [-0.25, -0.2) is 0 Å². The summed E-state index contributed by atoms with van der Waals surface area (Å²) in [6, 6.07) is 19.7. The fourth-order valence-corrected chi connectivity index (χ4v) is 3.54. The lowest BCUT2D eigenvalue weighted by Crippen LogP contribution is -2.22. The van der Waals surface area contributed by atoms with Gasteiger partial charge in [-0.15, -0.1) is 11.8 Å². The highest BCUT2D eigenvalue weighted by Crippen LogP contribution is 2.29. The highest BCUT2D eigenvalue weighted by molar-refractivity contribution is 8.00. The van der Waals surface area contributed by atoms with Gasteiger partial charge in [0.05, 0.1) is 19.5 Å². The Balaban J connectivity index is 1.71. The van der Waals surface area contributed by atoms with Crippen molar-refractivity contribution in [1.29, 1.82) is 0 Å². The van der Waals surface area contributed by atoms with Gasteiger partial charge in [-0.3, -0.25) is 4.79 Å². The van der Waals surface area contributed by atoms with Crippen LogP contribution in [0.2, 0.25) is 0 Å². The second-order valence-corrected chi connectivity index (χ2v) is 7.27. The number of carbonyl (C=O) groups excluding carboxylic acids is 1. The van der Waals surface area contributed by atoms with E-state index < -0.39 is 0 Å². The number of methoxy groups -OCH3 is 2. The van der Waals surface area contributed by atoms with Gasteiger partial charge in [-0.2, -0.15) is 0 Å². The molecule has 134 valence electrons. The number of anilines is 1. The van der Waals surface area contributed by atoms with Gasteiger partial charge in [0.1, 0.15) is 11.5 Å². The average molecular weight is 367 g/mol. The molecule has 26 heavy (non-hydrogen) atoms. The fraction of sp³-hybridized carbons (Fsp3) is 0.190. The molecule has 0 aliphatic heterocycles. The van der Waals surface area contributed by atoms with E-state index >= 15 is 0 Å². The molecule has 0 aromatic heterocycles. The molecule has 3 rings (SSSR count). The molecule has 3 aromatic rings. The quantitative estimate of drug-likeness (QED) is 0.625. The number of thioether (sulfide) groups is 1. The lowest BCUT2D eigenvalue weighted by molar-refractivity contribution is -0.115. The second-order valence-electron chi connectivity index (χ2n) is 5.86. The van der Waals surface area contributed by atoms with E-state index in [1.54, 1.807) is 32.4 Å². The molecule has 0 aliphatic carbocycles. The summed E-state index contributed by atoms with van der Waals surface area (Å²) < 4.78 is 10.5. The molecule has 1 unspecified atom stereocenters. The van der Waals surface area contributed by atoms with Crippen LogP contribution in [0.25, 0.3) is 10.8 Å². The molecule has 1 amide bonds. The third-order valence-corrected chi connectivity index (χ3v) is 5.12. The first-order valence-corrected chi connectivity index (χ1v) is 9.16. The van der Waals surface area contributed by atoms with Gasteiger partial charge >= 0.3 is 0 Å². The van der Waals surface area contributed by atoms with E-state index in [0.29, 0.717) is 17.2 Å². The maximum Gasteiger partial charge on any atom is 0.237 e. The van der Waals surface area contributed by atoms with Crippen molar-refractivity contribution in [2.24, 2.45) is 0 Å². The Bertz CT molecular complexity index is 904. The molecule has 0 spiro atoms. The number of hydrogen-bond donors (Lipinski definition) is 1. The van der Waals surface area contributed by atoms with Crippen molar-refractivity contribution in [3.05, 3.63) is 60.7 Å². The lowest BCUT2D eigenvalue weighted by atomic mass is 10.1. The highest BCUT2D eigenvalue weighted by atomic mass is 32.2. The Morgan fingerprint density at radius 1 is 0.923 bits per heavy atom. The van der Waals surface area contributed by atoms with Crippen LogP contribution in [0.15, 0.2) is 65.6 Å². The average Bonchev–Trinajstić information content (AvgIpc) is 2.67. The van der Waals surface area contributed by atoms with Gasteiger partial charge in [-0.05, 0) is 29.8 Å². The normalized spacial score (nSPS) is 11.8. The predicted molar refractivity (Wildman–Crippen MR) is 107 cm³/mol. The number of fused-ring (bicyclic) bond motifs is 1. The van der Waals surface area contributed by atoms with Crippen LogP contribution in [0.4, 0.5) is 5.69 Å². The minimum atomic E-state index is -0.242. The summed E-state index contributed by atoms with van der Waals surface area (Å²) in [6.45, 7) is 1.90. The second kappa shape index (κ2) is 8.15. The maximum absolute atomic E-state index is 12.6. The van der Waals surface area contributed by atoms with Crippen LogP contribution < -0.4 is 14.8 Å². The van der Waals surface area contributed by atoms with Crippen LogP contribution in [0.1, 0.15) is 6.92 Å². The van der Waals surface area contributed by atoms with Crippen molar-refractivity contribution in [3.8, 4) is 11.5 Å². The number of carbonyl (C=O) groups is 1. The fourth-order valence-electron chi connectivity index (χ4n) is 2.62. The van der Waals surface area contributed by atoms with E-state index in [9.17, 15) is 4.79 Å². The van der Waals surface area contributed by atoms with Crippen LogP contribution in [0, 0.1) is 0 Å². The van der Waals surface area contributed by atoms with Gasteiger partial charge in [0.15, 0.2) is 0 Å². The monoisotopic (exact) mass is 367 g/mol. The van der Waals surface area contributed by atoms with Crippen LogP contribution in [-0.4, -0.2) is 25.4 Å². The molecule has 3 aromatic carbocycles. The molecule has 1 atom stereocenters. The first kappa shape index (κ1) is 18.1. The first-order valence-electron chi connectivity index (χ1n) is 8.28. The van der Waals surface area contributed by atoms with Crippen molar-refractivity contribution >= 4 is 34.1 Å². The van der Waals surface area contributed by atoms with Crippen molar-refractivity contribution in [3.63, 3.8) is 0 Å². The molecule has 0 saturated carbocycles. The molecule has 5 heteroatoms. The van der Waals surface area contributed by atoms with Gasteiger partial charge in [0.25, 0.3) is 0 Å². The Kier molecular flexibility index (Phi) is 5.68. The van der Waals surface area contributed by atoms with E-state index in [-0.39, 0.29) is 11.2 Å². The summed E-state index contributed by atoms with van der Waals surface area (Å²) in [5.41, 5.74) is 0.650. The Morgan fingerprint density at radius 2 is 1.58 bits per heavy atom. The zero-order chi connectivity index (χ0) is 18.5. The molecule has 0 heterocycles. The molecule has 0 aliphatic rings. The highest BCUT2D eigenvalue weighted by Gasteiger charge is 2.15. The molecule has 0 saturated heterocycles. The van der Waals surface area contributed by atoms with Crippen LogP contribution in [-0.2, 0) is 4.79 Å². The summed E-state index contributed by atoms with van der Waals surface area (Å²) in [6.07, 6.45) is 0. The minimum absolute atomic E-state index is 0.0709. The zero-order valence-electron chi connectivity index (χ0n) is 15.0. The van der Waals surface area contributed by atoms with Crippen molar-refractivity contribution in [2.45, 2.75) is 17.1 Å². The van der Waals surface area contributed by atoms with Crippen molar-refractivity contribution in [2.75, 3.05) is 19.5 Å². The third-order valence-electron chi connectivity index (χ3n) is 4.02. The summed E-state index contributed by atoms with van der Waals surface area (Å²) >= 11 is 1.53. The maximum atomic E-state index is 12.6. The van der Waals surface area contributed by atoms with Crippen LogP contribution in [0.5, 0.6) is 11.5 Å². The topological polar surface area (TPSA) is 47.6 Å². The van der Waals surface area contributed by atoms with Crippen molar-refractivity contribution in [1.82, 2.24) is 0 Å². The van der Waals surface area contributed by atoms with E-state index in [2.05, 4.69) is 29.6 Å². The SMILES string of the molecule is COc1cc(NC(=O)C(C)Sc2ccc3ccccc3c2)cc(OC)c1. The number of rotatable bonds is 6. The summed E-state index contributed by atoms with van der Waals surface area (Å²) in [7, 11) is 3.16. The Labute approximate surface area is 157 Å². The smallest absolute Gasteiger partial charge is 0.237 e. The van der Waals surface area contributed by atoms with E-state index in [4.69, 9.17) is 9.47 Å².